The molecule has 0 aliphatic rings. The molecule has 0 aromatic heterocycles. The van der Waals surface area contributed by atoms with Gasteiger partial charge in [-0.1, -0.05) is 33.6 Å². The summed E-state index contributed by atoms with van der Waals surface area (Å²) in [5.74, 6) is 0.380. The van der Waals surface area contributed by atoms with E-state index >= 15 is 0 Å². The molecule has 134 valence electrons. The lowest BCUT2D eigenvalue weighted by Gasteiger charge is -2.17. The van der Waals surface area contributed by atoms with Gasteiger partial charge in [-0.3, -0.25) is 0 Å². The third-order valence-corrected chi connectivity index (χ3v) is 3.65. The van der Waals surface area contributed by atoms with Crippen molar-refractivity contribution in [2.75, 3.05) is 26.9 Å². The predicted octanol–water partition coefficient (Wildman–Crippen LogP) is 4.22. The van der Waals surface area contributed by atoms with Gasteiger partial charge in [0.1, 0.15) is 0 Å². The van der Waals surface area contributed by atoms with Crippen molar-refractivity contribution in [1.29, 1.82) is 0 Å². The lowest BCUT2D eigenvalue weighted by Crippen LogP contribution is -2.21. The Labute approximate surface area is 142 Å². The van der Waals surface area contributed by atoms with Crippen molar-refractivity contribution in [3.05, 3.63) is 23.4 Å². The molecule has 0 spiro atoms. The van der Waals surface area contributed by atoms with Crippen molar-refractivity contribution in [2.24, 2.45) is 5.92 Å². The second-order valence-corrected chi connectivity index (χ2v) is 5.91. The van der Waals surface area contributed by atoms with E-state index in [1.165, 1.54) is 32.8 Å². The molecule has 4 nitrogen and oxygen atoms in total. The fraction of sp³-hybridized carbons (Fsp3) is 0.737. The zero-order chi connectivity index (χ0) is 17.5. The van der Waals surface area contributed by atoms with Gasteiger partial charge in [0.15, 0.2) is 0 Å². The molecule has 0 rings (SSSR count). The van der Waals surface area contributed by atoms with E-state index < -0.39 is 0 Å². The molecular formula is C19H35NO3. The average molecular weight is 325 g/mol. The highest BCUT2D eigenvalue weighted by atomic mass is 16.5. The van der Waals surface area contributed by atoms with Crippen LogP contribution in [0.25, 0.3) is 0 Å². The number of carbonyl (C=O) groups is 1. The number of hydrogen-bond acceptors (Lipinski definition) is 4. The Kier molecular flexibility index (Phi) is 13.5. The van der Waals surface area contributed by atoms with Crippen molar-refractivity contribution in [3.8, 4) is 0 Å². The van der Waals surface area contributed by atoms with Crippen LogP contribution in [0.1, 0.15) is 59.8 Å². The fourth-order valence-electron chi connectivity index (χ4n) is 2.39. The predicted molar refractivity (Wildman–Crippen MR) is 96.3 cm³/mol. The van der Waals surface area contributed by atoms with E-state index in [0.717, 1.165) is 18.7 Å². The molecule has 0 bridgehead atoms. The first kappa shape index (κ1) is 21.7. The van der Waals surface area contributed by atoms with E-state index in [4.69, 9.17) is 9.47 Å². The normalized spacial score (nSPS) is 12.6. The quantitative estimate of drug-likeness (QED) is 0.238. The molecule has 4 heteroatoms. The topological polar surface area (TPSA) is 47.6 Å². The van der Waals surface area contributed by atoms with Crippen LogP contribution in [0.2, 0.25) is 0 Å². The van der Waals surface area contributed by atoms with Gasteiger partial charge in [0.2, 0.25) is 0 Å². The molecule has 0 saturated carbocycles. The summed E-state index contributed by atoms with van der Waals surface area (Å²) >= 11 is 0. The summed E-state index contributed by atoms with van der Waals surface area (Å²) in [6.07, 6.45) is 9.59. The maximum absolute atomic E-state index is 11.7. The number of esters is 1. The van der Waals surface area contributed by atoms with Crippen LogP contribution >= 0.6 is 0 Å². The van der Waals surface area contributed by atoms with E-state index in [1.807, 2.05) is 19.9 Å². The molecule has 0 aliphatic heterocycles. The molecular weight excluding hydrogens is 290 g/mol. The van der Waals surface area contributed by atoms with Crippen molar-refractivity contribution in [1.82, 2.24) is 5.32 Å². The molecule has 0 fully saturated rings. The van der Waals surface area contributed by atoms with Crippen LogP contribution in [0.3, 0.4) is 0 Å². The van der Waals surface area contributed by atoms with Crippen molar-refractivity contribution >= 4 is 5.97 Å². The van der Waals surface area contributed by atoms with E-state index in [0.29, 0.717) is 24.7 Å². The summed E-state index contributed by atoms with van der Waals surface area (Å²) in [4.78, 5) is 11.7. The van der Waals surface area contributed by atoms with Crippen molar-refractivity contribution in [2.45, 2.75) is 59.8 Å². The first-order valence-electron chi connectivity index (χ1n) is 8.86. The van der Waals surface area contributed by atoms with Crippen LogP contribution in [0.15, 0.2) is 23.4 Å². The first-order valence-corrected chi connectivity index (χ1v) is 8.86. The van der Waals surface area contributed by atoms with Gasteiger partial charge in [-0.05, 0) is 44.3 Å². The summed E-state index contributed by atoms with van der Waals surface area (Å²) < 4.78 is 10.2. The highest BCUT2D eigenvalue weighted by Gasteiger charge is 2.09. The van der Waals surface area contributed by atoms with Crippen LogP contribution in [-0.4, -0.2) is 32.8 Å². The molecule has 0 atom stereocenters. The number of nitrogens with one attached hydrogen (secondary N) is 1. The Hall–Kier alpha value is -1.29. The number of allylic oxidation sites excluding steroid dienone is 3. The second kappa shape index (κ2) is 14.3. The Morgan fingerprint density at radius 2 is 1.74 bits per heavy atom. The number of hydrogen-bond donors (Lipinski definition) is 1. The van der Waals surface area contributed by atoms with Gasteiger partial charge in [-0.15, -0.1) is 0 Å². The molecule has 0 aromatic rings. The van der Waals surface area contributed by atoms with Gasteiger partial charge in [-0.2, -0.15) is 0 Å². The Morgan fingerprint density at radius 1 is 1.09 bits per heavy atom. The lowest BCUT2D eigenvalue weighted by atomic mass is 9.98. The third kappa shape index (κ3) is 11.0. The van der Waals surface area contributed by atoms with Gasteiger partial charge in [-0.25, -0.2) is 4.79 Å². The average Bonchev–Trinajstić information content (AvgIpc) is 2.55. The van der Waals surface area contributed by atoms with Crippen LogP contribution in [0.4, 0.5) is 0 Å². The van der Waals surface area contributed by atoms with E-state index in [1.54, 1.807) is 6.08 Å². The summed E-state index contributed by atoms with van der Waals surface area (Å²) in [5.41, 5.74) is 1.60. The maximum atomic E-state index is 11.7. The molecule has 0 radical (unpaired) electrons. The smallest absolute Gasteiger partial charge is 0.336 e. The van der Waals surface area contributed by atoms with Gasteiger partial charge in [0.05, 0.1) is 19.3 Å². The molecule has 0 aromatic carbocycles. The summed E-state index contributed by atoms with van der Waals surface area (Å²) in [7, 11) is 1.39. The molecule has 0 aliphatic carbocycles. The lowest BCUT2D eigenvalue weighted by molar-refractivity contribution is -0.136. The highest BCUT2D eigenvalue weighted by molar-refractivity contribution is 5.89. The number of methoxy groups -OCH3 is 1. The van der Waals surface area contributed by atoms with Crippen LogP contribution in [-0.2, 0) is 14.3 Å². The second-order valence-electron chi connectivity index (χ2n) is 5.91. The Morgan fingerprint density at radius 3 is 2.26 bits per heavy atom. The monoisotopic (exact) mass is 325 g/mol. The maximum Gasteiger partial charge on any atom is 0.336 e. The van der Waals surface area contributed by atoms with Crippen molar-refractivity contribution < 1.29 is 14.3 Å². The molecule has 0 saturated heterocycles. The number of carbonyl (C=O) groups excluding carboxylic acids is 1. The third-order valence-electron chi connectivity index (χ3n) is 3.65. The summed E-state index contributed by atoms with van der Waals surface area (Å²) in [6.45, 7) is 10.4. The van der Waals surface area contributed by atoms with E-state index in [-0.39, 0.29) is 5.97 Å². The molecule has 0 heterocycles. The highest BCUT2D eigenvalue weighted by Crippen LogP contribution is 2.12. The standard InChI is InChI=1S/C19H35NO3/c1-6-9-17(10-7-2)14-20-16(4)11-12-18(19(21)22-5)15-23-13-8-3/h11-12,17,20H,6-10,13-15H2,1-5H3/b16-11+,18-12+. The largest absolute Gasteiger partial charge is 0.466 e. The van der Waals surface area contributed by atoms with Gasteiger partial charge >= 0.3 is 5.97 Å². The Balaban J connectivity index is 4.59. The molecule has 0 unspecified atom stereocenters. The summed E-state index contributed by atoms with van der Waals surface area (Å²) in [5, 5.41) is 3.46. The van der Waals surface area contributed by atoms with E-state index in [2.05, 4.69) is 19.2 Å². The number of ether oxygens (including phenoxy) is 2. The minimum absolute atomic E-state index is 0.290. The van der Waals surface area contributed by atoms with Crippen molar-refractivity contribution in [3.63, 3.8) is 0 Å². The molecule has 23 heavy (non-hydrogen) atoms. The van der Waals surface area contributed by atoms with Crippen LogP contribution in [0.5, 0.6) is 0 Å². The fourth-order valence-corrected chi connectivity index (χ4v) is 2.39. The molecule has 0 amide bonds. The van der Waals surface area contributed by atoms with Crippen LogP contribution < -0.4 is 5.32 Å². The summed E-state index contributed by atoms with van der Waals surface area (Å²) in [6, 6.07) is 0. The zero-order valence-electron chi connectivity index (χ0n) is 15.6. The van der Waals surface area contributed by atoms with Gasteiger partial charge in [0, 0.05) is 18.8 Å². The Bertz CT molecular complexity index is 369. The SMILES string of the molecule is CCCOC/C(=C\C=C(/C)NCC(CCC)CCC)C(=O)OC. The zero-order valence-corrected chi connectivity index (χ0v) is 15.6. The number of rotatable bonds is 13. The first-order chi connectivity index (χ1) is 11.1. The minimum Gasteiger partial charge on any atom is -0.466 e. The minimum atomic E-state index is -0.333. The van der Waals surface area contributed by atoms with Crippen LogP contribution in [0, 0.1) is 5.92 Å². The van der Waals surface area contributed by atoms with E-state index in [9.17, 15) is 4.79 Å². The van der Waals surface area contributed by atoms with Gasteiger partial charge in [0.25, 0.3) is 0 Å². The van der Waals surface area contributed by atoms with Gasteiger partial charge < -0.3 is 14.8 Å². The molecule has 1 N–H and O–H groups in total.